The van der Waals surface area contributed by atoms with Crippen LogP contribution in [0.15, 0.2) is 54.6 Å². The van der Waals surface area contributed by atoms with E-state index >= 15 is 0 Å². The molecule has 0 heterocycles. The SMILES string of the molecule is Cc1ccc(C2=CC(=O)C(=O)c3ccccc32)cc1. The molecule has 1 aliphatic carbocycles. The number of hydrogen-bond donors (Lipinski definition) is 0. The van der Waals surface area contributed by atoms with Crippen molar-refractivity contribution in [1.29, 1.82) is 0 Å². The molecule has 0 saturated carbocycles. The number of aryl methyl sites for hydroxylation is 1. The highest BCUT2D eigenvalue weighted by Gasteiger charge is 2.25. The number of allylic oxidation sites excluding steroid dienone is 1. The average Bonchev–Trinajstić information content (AvgIpc) is 2.44. The first-order valence-corrected chi connectivity index (χ1v) is 6.13. The lowest BCUT2D eigenvalue weighted by atomic mass is 9.85. The third-order valence-electron chi connectivity index (χ3n) is 3.32. The van der Waals surface area contributed by atoms with Crippen LogP contribution in [0.4, 0.5) is 0 Å². The number of fused-ring (bicyclic) bond motifs is 1. The summed E-state index contributed by atoms with van der Waals surface area (Å²) in [7, 11) is 0. The van der Waals surface area contributed by atoms with Crippen molar-refractivity contribution in [1.82, 2.24) is 0 Å². The predicted molar refractivity (Wildman–Crippen MR) is 74.0 cm³/mol. The minimum absolute atomic E-state index is 0.425. The van der Waals surface area contributed by atoms with E-state index in [1.807, 2.05) is 43.3 Å². The monoisotopic (exact) mass is 248 g/mol. The van der Waals surface area contributed by atoms with Crippen LogP contribution < -0.4 is 0 Å². The molecule has 2 nitrogen and oxygen atoms in total. The van der Waals surface area contributed by atoms with Gasteiger partial charge in [0.05, 0.1) is 0 Å². The van der Waals surface area contributed by atoms with Crippen molar-refractivity contribution in [2.75, 3.05) is 0 Å². The predicted octanol–water partition coefficient (Wildman–Crippen LogP) is 3.19. The molecule has 0 aromatic heterocycles. The van der Waals surface area contributed by atoms with Crippen LogP contribution in [0.25, 0.3) is 5.57 Å². The molecule has 0 spiro atoms. The van der Waals surface area contributed by atoms with Gasteiger partial charge in [0.1, 0.15) is 0 Å². The van der Waals surface area contributed by atoms with Crippen LogP contribution in [0, 0.1) is 6.92 Å². The van der Waals surface area contributed by atoms with Gasteiger partial charge >= 0.3 is 0 Å². The van der Waals surface area contributed by atoms with Gasteiger partial charge in [-0.3, -0.25) is 9.59 Å². The number of Topliss-reactive ketones (excluding diaryl/α,β-unsaturated/α-hetero) is 1. The van der Waals surface area contributed by atoms with Crippen LogP contribution in [0.3, 0.4) is 0 Å². The van der Waals surface area contributed by atoms with Gasteiger partial charge in [0, 0.05) is 5.56 Å². The fraction of sp³-hybridized carbons (Fsp3) is 0.0588. The van der Waals surface area contributed by atoms with Crippen LogP contribution in [-0.2, 0) is 4.79 Å². The van der Waals surface area contributed by atoms with Crippen molar-refractivity contribution in [2.45, 2.75) is 6.92 Å². The Kier molecular flexibility index (Phi) is 2.64. The minimum Gasteiger partial charge on any atom is -0.286 e. The molecule has 2 aromatic carbocycles. The molecule has 3 rings (SSSR count). The molecule has 0 atom stereocenters. The van der Waals surface area contributed by atoms with Crippen molar-refractivity contribution in [3.05, 3.63) is 76.9 Å². The highest BCUT2D eigenvalue weighted by Crippen LogP contribution is 2.30. The Morgan fingerprint density at radius 1 is 0.789 bits per heavy atom. The zero-order chi connectivity index (χ0) is 13.4. The lowest BCUT2D eigenvalue weighted by Crippen LogP contribution is -2.18. The molecule has 0 N–H and O–H groups in total. The molecule has 0 bridgehead atoms. The number of carbonyl (C=O) groups is 2. The van der Waals surface area contributed by atoms with Crippen molar-refractivity contribution in [3.8, 4) is 0 Å². The van der Waals surface area contributed by atoms with Crippen molar-refractivity contribution >= 4 is 17.1 Å². The van der Waals surface area contributed by atoms with Crippen molar-refractivity contribution in [3.63, 3.8) is 0 Å². The third-order valence-corrected chi connectivity index (χ3v) is 3.32. The number of carbonyl (C=O) groups excluding carboxylic acids is 2. The van der Waals surface area contributed by atoms with Gasteiger partial charge in [0.15, 0.2) is 0 Å². The largest absolute Gasteiger partial charge is 0.286 e. The van der Waals surface area contributed by atoms with Crippen LogP contribution in [0.1, 0.15) is 27.0 Å². The van der Waals surface area contributed by atoms with E-state index in [9.17, 15) is 9.59 Å². The first kappa shape index (κ1) is 11.6. The Hall–Kier alpha value is -2.48. The molecule has 0 unspecified atom stereocenters. The highest BCUT2D eigenvalue weighted by molar-refractivity contribution is 6.51. The first-order chi connectivity index (χ1) is 9.16. The molecule has 0 aliphatic heterocycles. The fourth-order valence-electron chi connectivity index (χ4n) is 2.30. The number of ketones is 2. The number of rotatable bonds is 1. The smallest absolute Gasteiger partial charge is 0.233 e. The summed E-state index contributed by atoms with van der Waals surface area (Å²) >= 11 is 0. The fourth-order valence-corrected chi connectivity index (χ4v) is 2.30. The maximum atomic E-state index is 11.9. The molecule has 92 valence electrons. The van der Waals surface area contributed by atoms with Crippen LogP contribution in [0.5, 0.6) is 0 Å². The quantitative estimate of drug-likeness (QED) is 0.726. The Morgan fingerprint density at radius 3 is 2.11 bits per heavy atom. The van der Waals surface area contributed by atoms with Gasteiger partial charge in [0.25, 0.3) is 0 Å². The van der Waals surface area contributed by atoms with E-state index in [4.69, 9.17) is 0 Å². The summed E-state index contributed by atoms with van der Waals surface area (Å²) in [5.41, 5.74) is 4.26. The Morgan fingerprint density at radius 2 is 1.42 bits per heavy atom. The standard InChI is InChI=1S/C17H12O2/c1-11-6-8-12(9-7-11)15-10-16(18)17(19)14-5-3-2-4-13(14)15/h2-10H,1H3. The van der Waals surface area contributed by atoms with Gasteiger partial charge in [-0.15, -0.1) is 0 Å². The molecule has 0 saturated heterocycles. The molecule has 0 radical (unpaired) electrons. The van der Waals surface area contributed by atoms with Gasteiger partial charge in [-0.05, 0) is 29.7 Å². The maximum absolute atomic E-state index is 11.9. The van der Waals surface area contributed by atoms with Gasteiger partial charge in [-0.25, -0.2) is 0 Å². The lowest BCUT2D eigenvalue weighted by molar-refractivity contribution is -0.111. The zero-order valence-electron chi connectivity index (χ0n) is 10.5. The van der Waals surface area contributed by atoms with Crippen molar-refractivity contribution in [2.24, 2.45) is 0 Å². The maximum Gasteiger partial charge on any atom is 0.233 e. The topological polar surface area (TPSA) is 34.1 Å². The van der Waals surface area contributed by atoms with Gasteiger partial charge in [0.2, 0.25) is 11.6 Å². The summed E-state index contributed by atoms with van der Waals surface area (Å²) in [4.78, 5) is 23.6. The van der Waals surface area contributed by atoms with E-state index in [0.29, 0.717) is 5.56 Å². The first-order valence-electron chi connectivity index (χ1n) is 6.13. The summed E-state index contributed by atoms with van der Waals surface area (Å²) in [5, 5.41) is 0. The highest BCUT2D eigenvalue weighted by atomic mass is 16.2. The molecule has 2 aromatic rings. The second-order valence-corrected chi connectivity index (χ2v) is 4.66. The van der Waals surface area contributed by atoms with Gasteiger partial charge in [-0.1, -0.05) is 54.1 Å². The molecular weight excluding hydrogens is 236 g/mol. The molecule has 0 amide bonds. The summed E-state index contributed by atoms with van der Waals surface area (Å²) in [5.74, 6) is -0.874. The number of hydrogen-bond acceptors (Lipinski definition) is 2. The Balaban J connectivity index is 2.21. The van der Waals surface area contributed by atoms with Gasteiger partial charge in [-0.2, -0.15) is 0 Å². The van der Waals surface area contributed by atoms with Gasteiger partial charge < -0.3 is 0 Å². The molecular formula is C17H12O2. The van der Waals surface area contributed by atoms with E-state index in [1.54, 1.807) is 12.1 Å². The van der Waals surface area contributed by atoms with Crippen LogP contribution >= 0.6 is 0 Å². The molecule has 2 heteroatoms. The van der Waals surface area contributed by atoms with Crippen LogP contribution in [-0.4, -0.2) is 11.6 Å². The summed E-state index contributed by atoms with van der Waals surface area (Å²) < 4.78 is 0. The van der Waals surface area contributed by atoms with E-state index in [2.05, 4.69) is 0 Å². The Bertz CT molecular complexity index is 706. The lowest BCUT2D eigenvalue weighted by Gasteiger charge is -2.16. The number of benzene rings is 2. The van der Waals surface area contributed by atoms with E-state index < -0.39 is 11.6 Å². The summed E-state index contributed by atoms with van der Waals surface area (Å²) in [6.45, 7) is 2.02. The molecule has 0 fully saturated rings. The van der Waals surface area contributed by atoms with E-state index in [-0.39, 0.29) is 0 Å². The second kappa shape index (κ2) is 4.32. The molecule has 19 heavy (non-hydrogen) atoms. The second-order valence-electron chi connectivity index (χ2n) is 4.66. The zero-order valence-corrected chi connectivity index (χ0v) is 10.5. The molecule has 1 aliphatic rings. The van der Waals surface area contributed by atoms with Crippen LogP contribution in [0.2, 0.25) is 0 Å². The summed E-state index contributed by atoms with van der Waals surface area (Å²) in [6, 6.07) is 15.2. The van der Waals surface area contributed by atoms with E-state index in [1.165, 1.54) is 6.08 Å². The third kappa shape index (κ3) is 1.91. The Labute approximate surface area is 111 Å². The van der Waals surface area contributed by atoms with Crippen molar-refractivity contribution < 1.29 is 9.59 Å². The average molecular weight is 248 g/mol. The van der Waals surface area contributed by atoms with E-state index in [0.717, 1.165) is 22.3 Å². The summed E-state index contributed by atoms with van der Waals surface area (Å²) in [6.07, 6.45) is 1.44. The minimum atomic E-state index is -0.450. The normalized spacial score (nSPS) is 14.1.